The smallest absolute Gasteiger partial charge is 0.222 e. The summed E-state index contributed by atoms with van der Waals surface area (Å²) in [5.41, 5.74) is 0.877. The van der Waals surface area contributed by atoms with Gasteiger partial charge in [0.2, 0.25) is 5.91 Å². The number of amides is 1. The predicted octanol–water partition coefficient (Wildman–Crippen LogP) is 1.63. The van der Waals surface area contributed by atoms with E-state index in [9.17, 15) is 4.79 Å². The molecule has 1 amide bonds. The summed E-state index contributed by atoms with van der Waals surface area (Å²) >= 11 is 0. The van der Waals surface area contributed by atoms with Gasteiger partial charge in [0.15, 0.2) is 0 Å². The Balaban J connectivity index is 1.41. The number of ether oxygens (including phenoxy) is 1. The molecule has 0 spiro atoms. The molecule has 0 atom stereocenters. The molecule has 3 rings (SSSR count). The minimum Gasteiger partial charge on any atom is -0.375 e. The van der Waals surface area contributed by atoms with Gasteiger partial charge in [-0.25, -0.2) is 4.68 Å². The quantitative estimate of drug-likeness (QED) is 0.766. The molecule has 0 aromatic carbocycles. The molecule has 1 saturated carbocycles. The Morgan fingerprint density at radius 3 is 2.86 bits per heavy atom. The van der Waals surface area contributed by atoms with E-state index in [0.717, 1.165) is 31.3 Å². The van der Waals surface area contributed by atoms with Crippen molar-refractivity contribution in [2.45, 2.75) is 45.8 Å². The highest BCUT2D eigenvalue weighted by Gasteiger charge is 2.32. The summed E-state index contributed by atoms with van der Waals surface area (Å²) in [7, 11) is 0. The second-order valence-corrected chi connectivity index (χ2v) is 6.70. The number of nitrogens with zero attached hydrogens (tertiary/aromatic N) is 4. The fraction of sp³-hybridized carbons (Fsp3) is 0.800. The lowest BCUT2D eigenvalue weighted by Gasteiger charge is -2.39. The second-order valence-electron chi connectivity index (χ2n) is 6.70. The molecule has 6 heteroatoms. The molecule has 2 fully saturated rings. The Bertz CT molecular complexity index is 490. The van der Waals surface area contributed by atoms with Gasteiger partial charge in [-0.15, -0.1) is 5.10 Å². The van der Waals surface area contributed by atoms with Crippen LogP contribution in [0.3, 0.4) is 0 Å². The van der Waals surface area contributed by atoms with Gasteiger partial charge in [-0.2, -0.15) is 0 Å². The van der Waals surface area contributed by atoms with Crippen molar-refractivity contribution >= 4 is 5.91 Å². The van der Waals surface area contributed by atoms with E-state index < -0.39 is 0 Å². The van der Waals surface area contributed by atoms with Crippen LogP contribution in [0.25, 0.3) is 0 Å². The topological polar surface area (TPSA) is 60.2 Å². The van der Waals surface area contributed by atoms with Gasteiger partial charge >= 0.3 is 0 Å². The van der Waals surface area contributed by atoms with Crippen LogP contribution in [0.15, 0.2) is 6.20 Å². The molecule has 1 saturated heterocycles. The van der Waals surface area contributed by atoms with Crippen LogP contribution in [0, 0.1) is 11.8 Å². The van der Waals surface area contributed by atoms with Crippen LogP contribution < -0.4 is 0 Å². The van der Waals surface area contributed by atoms with Crippen LogP contribution in [0.2, 0.25) is 0 Å². The van der Waals surface area contributed by atoms with Gasteiger partial charge in [0.05, 0.1) is 18.8 Å². The average molecular weight is 292 g/mol. The molecule has 116 valence electrons. The van der Waals surface area contributed by atoms with Gasteiger partial charge in [0.25, 0.3) is 0 Å². The Labute approximate surface area is 125 Å². The van der Waals surface area contributed by atoms with Crippen molar-refractivity contribution in [1.82, 2.24) is 19.9 Å². The van der Waals surface area contributed by atoms with Gasteiger partial charge in [0.1, 0.15) is 5.69 Å². The molecule has 21 heavy (non-hydrogen) atoms. The molecule has 1 aromatic heterocycles. The third kappa shape index (κ3) is 3.81. The third-order valence-corrected chi connectivity index (χ3v) is 4.03. The van der Waals surface area contributed by atoms with Crippen LogP contribution in [0.5, 0.6) is 0 Å². The highest BCUT2D eigenvalue weighted by atomic mass is 16.5. The van der Waals surface area contributed by atoms with E-state index in [1.54, 1.807) is 0 Å². The molecule has 0 N–H and O–H groups in total. The van der Waals surface area contributed by atoms with E-state index in [2.05, 4.69) is 24.2 Å². The summed E-state index contributed by atoms with van der Waals surface area (Å²) in [6.45, 7) is 7.02. The van der Waals surface area contributed by atoms with Gasteiger partial charge in [-0.05, 0) is 24.7 Å². The lowest BCUT2D eigenvalue weighted by molar-refractivity contribution is -0.138. The lowest BCUT2D eigenvalue weighted by Crippen LogP contribution is -2.51. The van der Waals surface area contributed by atoms with E-state index in [4.69, 9.17) is 4.74 Å². The van der Waals surface area contributed by atoms with E-state index in [1.165, 1.54) is 12.8 Å². The molecule has 1 aliphatic heterocycles. The Kier molecular flexibility index (Phi) is 4.24. The van der Waals surface area contributed by atoms with Gasteiger partial charge < -0.3 is 9.64 Å². The first-order valence-electron chi connectivity index (χ1n) is 7.88. The van der Waals surface area contributed by atoms with Crippen LogP contribution in [0.1, 0.15) is 44.8 Å². The highest BCUT2D eigenvalue weighted by Crippen LogP contribution is 2.29. The molecule has 0 unspecified atom stereocenters. The Morgan fingerprint density at radius 2 is 2.19 bits per heavy atom. The largest absolute Gasteiger partial charge is 0.375 e. The van der Waals surface area contributed by atoms with Gasteiger partial charge in [-0.1, -0.05) is 19.1 Å². The molecule has 0 bridgehead atoms. The van der Waals surface area contributed by atoms with Gasteiger partial charge in [-0.3, -0.25) is 4.79 Å². The van der Waals surface area contributed by atoms with Crippen molar-refractivity contribution in [2.24, 2.45) is 11.8 Å². The summed E-state index contributed by atoms with van der Waals surface area (Å²) in [5.74, 6) is 1.43. The number of aromatic nitrogens is 3. The summed E-state index contributed by atoms with van der Waals surface area (Å²) in [6, 6.07) is 0.269. The first-order valence-corrected chi connectivity index (χ1v) is 7.88. The molecule has 1 aliphatic carbocycles. The number of carbonyl (C=O) groups is 1. The molecular weight excluding hydrogens is 268 g/mol. The second kappa shape index (κ2) is 6.13. The molecule has 0 radical (unpaired) electrons. The summed E-state index contributed by atoms with van der Waals surface area (Å²) in [4.78, 5) is 13.8. The first-order chi connectivity index (χ1) is 10.1. The summed E-state index contributed by atoms with van der Waals surface area (Å²) < 4.78 is 7.48. The van der Waals surface area contributed by atoms with Crippen LogP contribution in [-0.2, 0) is 16.1 Å². The molecule has 1 aromatic rings. The predicted molar refractivity (Wildman–Crippen MR) is 77.5 cm³/mol. The molecular formula is C15H24N4O2. The van der Waals surface area contributed by atoms with E-state index in [-0.39, 0.29) is 11.9 Å². The van der Waals surface area contributed by atoms with Crippen molar-refractivity contribution in [2.75, 3.05) is 19.7 Å². The maximum Gasteiger partial charge on any atom is 0.222 e. The third-order valence-electron chi connectivity index (χ3n) is 4.03. The summed E-state index contributed by atoms with van der Waals surface area (Å²) in [6.07, 6.45) is 5.18. The van der Waals surface area contributed by atoms with Crippen molar-refractivity contribution < 1.29 is 9.53 Å². The van der Waals surface area contributed by atoms with Crippen molar-refractivity contribution in [3.05, 3.63) is 11.9 Å². The van der Waals surface area contributed by atoms with Crippen molar-refractivity contribution in [3.63, 3.8) is 0 Å². The minimum absolute atomic E-state index is 0.245. The van der Waals surface area contributed by atoms with Crippen LogP contribution in [-0.4, -0.2) is 45.5 Å². The number of hydrogen-bond acceptors (Lipinski definition) is 4. The van der Waals surface area contributed by atoms with Crippen molar-refractivity contribution in [1.29, 1.82) is 0 Å². The number of rotatable bonds is 7. The fourth-order valence-electron chi connectivity index (χ4n) is 2.48. The maximum atomic E-state index is 11.9. The normalized spacial score (nSPS) is 19.1. The zero-order valence-corrected chi connectivity index (χ0v) is 12.9. The lowest BCUT2D eigenvalue weighted by atomic mass is 10.1. The number of carbonyl (C=O) groups excluding carboxylic acids is 1. The fourth-order valence-corrected chi connectivity index (χ4v) is 2.48. The van der Waals surface area contributed by atoms with E-state index in [1.807, 2.05) is 15.8 Å². The van der Waals surface area contributed by atoms with E-state index >= 15 is 0 Å². The molecule has 2 aliphatic rings. The van der Waals surface area contributed by atoms with Crippen LogP contribution in [0.4, 0.5) is 0 Å². The zero-order chi connectivity index (χ0) is 14.8. The van der Waals surface area contributed by atoms with E-state index in [0.29, 0.717) is 18.9 Å². The van der Waals surface area contributed by atoms with Crippen LogP contribution >= 0.6 is 0 Å². The highest BCUT2D eigenvalue weighted by molar-refractivity contribution is 5.77. The zero-order valence-electron chi connectivity index (χ0n) is 12.9. The summed E-state index contributed by atoms with van der Waals surface area (Å²) in [5, 5.41) is 8.29. The average Bonchev–Trinajstić information content (AvgIpc) is 3.06. The Morgan fingerprint density at radius 1 is 1.43 bits per heavy atom. The number of hydrogen-bond donors (Lipinski definition) is 0. The minimum atomic E-state index is 0.245. The molecule has 6 nitrogen and oxygen atoms in total. The maximum absolute atomic E-state index is 11.9. The van der Waals surface area contributed by atoms with Crippen molar-refractivity contribution in [3.8, 4) is 0 Å². The molecule has 2 heterocycles. The first kappa shape index (κ1) is 14.5. The number of likely N-dealkylation sites (tertiary alicyclic amines) is 1. The van der Waals surface area contributed by atoms with Gasteiger partial charge in [0, 0.05) is 26.1 Å². The Hall–Kier alpha value is -1.43. The SMILES string of the molecule is CC(C)CC(=O)N1CC(n2cc(COCC3CC3)nn2)C1. The standard InChI is InChI=1S/C15H24N4O2/c1-11(2)5-15(20)18-7-14(8-18)19-6-13(16-17-19)10-21-9-12-3-4-12/h6,11-12,14H,3-5,7-10H2,1-2H3. The monoisotopic (exact) mass is 292 g/mol.